The molecular formula is C9H11BrO2S. The number of carbonyl (C=O) groups excluding carboxylic acids is 1. The predicted octanol–water partition coefficient (Wildman–Crippen LogP) is 3.03. The number of hydrogen-bond donors (Lipinski definition) is 0. The molecule has 72 valence electrons. The summed E-state index contributed by atoms with van der Waals surface area (Å²) in [6.45, 7) is 2.11. The highest BCUT2D eigenvalue weighted by molar-refractivity contribution is 9.09. The van der Waals surface area contributed by atoms with Gasteiger partial charge in [-0.3, -0.25) is 0 Å². The average Bonchev–Trinajstić information content (AvgIpc) is 2.64. The highest BCUT2D eigenvalue weighted by Gasteiger charge is 2.11. The zero-order valence-corrected chi connectivity index (χ0v) is 9.94. The maximum Gasteiger partial charge on any atom is 0.338 e. The van der Waals surface area contributed by atoms with E-state index in [1.165, 1.54) is 12.0 Å². The standard InChI is InChI=1S/C9H11BrO2S/c1-6(4-10)8-3-7(5-13-8)9(11)12-2/h3,5-6H,4H2,1-2H3. The van der Waals surface area contributed by atoms with E-state index in [-0.39, 0.29) is 5.97 Å². The minimum atomic E-state index is -0.260. The number of carbonyl (C=O) groups is 1. The molecule has 0 saturated heterocycles. The van der Waals surface area contributed by atoms with E-state index in [4.69, 9.17) is 0 Å². The van der Waals surface area contributed by atoms with Gasteiger partial charge in [0.1, 0.15) is 0 Å². The molecule has 0 amide bonds. The Morgan fingerprint density at radius 3 is 3.00 bits per heavy atom. The summed E-state index contributed by atoms with van der Waals surface area (Å²) in [6, 6.07) is 1.89. The Bertz CT molecular complexity index is 296. The summed E-state index contributed by atoms with van der Waals surface area (Å²) >= 11 is 5.00. The van der Waals surface area contributed by atoms with Gasteiger partial charge in [-0.05, 0) is 6.07 Å². The Morgan fingerprint density at radius 2 is 2.46 bits per heavy atom. The van der Waals surface area contributed by atoms with E-state index < -0.39 is 0 Å². The van der Waals surface area contributed by atoms with Crippen LogP contribution in [0.3, 0.4) is 0 Å². The molecule has 0 saturated carbocycles. The summed E-state index contributed by atoms with van der Waals surface area (Å²) in [7, 11) is 1.40. The molecular weight excluding hydrogens is 252 g/mol. The normalized spacial score (nSPS) is 12.5. The number of hydrogen-bond acceptors (Lipinski definition) is 3. The third-order valence-electron chi connectivity index (χ3n) is 1.76. The van der Waals surface area contributed by atoms with Crippen LogP contribution < -0.4 is 0 Å². The number of methoxy groups -OCH3 is 1. The maximum atomic E-state index is 11.1. The first-order chi connectivity index (χ1) is 6.19. The Labute approximate surface area is 90.0 Å². The summed E-state index contributed by atoms with van der Waals surface area (Å²) in [4.78, 5) is 12.3. The molecule has 4 heteroatoms. The molecule has 1 unspecified atom stereocenters. The largest absolute Gasteiger partial charge is 0.465 e. The van der Waals surface area contributed by atoms with Gasteiger partial charge in [0, 0.05) is 21.5 Å². The Hall–Kier alpha value is -0.350. The number of alkyl halides is 1. The summed E-state index contributed by atoms with van der Waals surface area (Å²) in [5.41, 5.74) is 0.648. The molecule has 0 aromatic carbocycles. The average molecular weight is 263 g/mol. The second-order valence-electron chi connectivity index (χ2n) is 2.78. The predicted molar refractivity (Wildman–Crippen MR) is 57.9 cm³/mol. The van der Waals surface area contributed by atoms with E-state index in [9.17, 15) is 4.79 Å². The first kappa shape index (κ1) is 10.7. The molecule has 0 aliphatic rings. The van der Waals surface area contributed by atoms with Crippen LogP contribution in [0.4, 0.5) is 0 Å². The first-order valence-corrected chi connectivity index (χ1v) is 5.92. The van der Waals surface area contributed by atoms with Gasteiger partial charge in [-0.1, -0.05) is 22.9 Å². The van der Waals surface area contributed by atoms with Crippen LogP contribution >= 0.6 is 27.3 Å². The minimum Gasteiger partial charge on any atom is -0.465 e. The molecule has 0 aliphatic heterocycles. The second-order valence-corrected chi connectivity index (χ2v) is 4.37. The van der Waals surface area contributed by atoms with Crippen molar-refractivity contribution in [2.24, 2.45) is 0 Å². The quantitative estimate of drug-likeness (QED) is 0.619. The number of ether oxygens (including phenoxy) is 1. The van der Waals surface area contributed by atoms with E-state index in [1.807, 2.05) is 11.4 Å². The van der Waals surface area contributed by atoms with E-state index in [1.54, 1.807) is 11.3 Å². The molecule has 1 heterocycles. The van der Waals surface area contributed by atoms with Crippen molar-refractivity contribution >= 4 is 33.2 Å². The fourth-order valence-corrected chi connectivity index (χ4v) is 2.41. The molecule has 0 radical (unpaired) electrons. The monoisotopic (exact) mass is 262 g/mol. The molecule has 0 N–H and O–H groups in total. The van der Waals surface area contributed by atoms with Crippen molar-refractivity contribution < 1.29 is 9.53 Å². The van der Waals surface area contributed by atoms with Crippen LogP contribution in [-0.4, -0.2) is 18.4 Å². The van der Waals surface area contributed by atoms with Crippen LogP contribution in [0, 0.1) is 0 Å². The fraction of sp³-hybridized carbons (Fsp3) is 0.444. The Morgan fingerprint density at radius 1 is 1.77 bits per heavy atom. The summed E-state index contributed by atoms with van der Waals surface area (Å²) < 4.78 is 4.62. The third kappa shape index (κ3) is 2.54. The first-order valence-electron chi connectivity index (χ1n) is 3.91. The zero-order chi connectivity index (χ0) is 9.84. The van der Waals surface area contributed by atoms with Gasteiger partial charge >= 0.3 is 5.97 Å². The van der Waals surface area contributed by atoms with Gasteiger partial charge < -0.3 is 4.74 Å². The summed E-state index contributed by atoms with van der Waals surface area (Å²) in [6.07, 6.45) is 0. The molecule has 0 aliphatic carbocycles. The van der Waals surface area contributed by atoms with E-state index in [0.717, 1.165) is 5.33 Å². The van der Waals surface area contributed by atoms with Crippen LogP contribution in [-0.2, 0) is 4.74 Å². The molecule has 1 aromatic rings. The number of halogens is 1. The van der Waals surface area contributed by atoms with Crippen molar-refractivity contribution in [2.45, 2.75) is 12.8 Å². The molecule has 1 rings (SSSR count). The summed E-state index contributed by atoms with van der Waals surface area (Å²) in [5.74, 6) is 0.188. The molecule has 0 bridgehead atoms. The Balaban J connectivity index is 2.80. The topological polar surface area (TPSA) is 26.3 Å². The number of rotatable bonds is 3. The van der Waals surface area contributed by atoms with Crippen molar-refractivity contribution in [3.05, 3.63) is 21.9 Å². The zero-order valence-electron chi connectivity index (χ0n) is 7.54. The lowest BCUT2D eigenvalue weighted by molar-refractivity contribution is 0.0601. The van der Waals surface area contributed by atoms with Crippen LogP contribution in [0.25, 0.3) is 0 Å². The van der Waals surface area contributed by atoms with Crippen LogP contribution in [0.1, 0.15) is 28.1 Å². The molecule has 1 atom stereocenters. The lowest BCUT2D eigenvalue weighted by Gasteiger charge is -2.01. The van der Waals surface area contributed by atoms with Crippen LogP contribution in [0.2, 0.25) is 0 Å². The third-order valence-corrected chi connectivity index (χ3v) is 3.89. The molecule has 0 spiro atoms. The van der Waals surface area contributed by atoms with E-state index in [0.29, 0.717) is 11.5 Å². The molecule has 2 nitrogen and oxygen atoms in total. The summed E-state index contributed by atoms with van der Waals surface area (Å²) in [5, 5.41) is 2.74. The maximum absolute atomic E-state index is 11.1. The number of esters is 1. The van der Waals surface area contributed by atoms with Crippen LogP contribution in [0.5, 0.6) is 0 Å². The fourth-order valence-electron chi connectivity index (χ4n) is 0.912. The molecule has 13 heavy (non-hydrogen) atoms. The SMILES string of the molecule is COC(=O)c1csc(C(C)CBr)c1. The number of thiophene rings is 1. The van der Waals surface area contributed by atoms with Gasteiger partial charge in [-0.2, -0.15) is 0 Å². The minimum absolute atomic E-state index is 0.260. The van der Waals surface area contributed by atoms with Gasteiger partial charge in [-0.15, -0.1) is 11.3 Å². The van der Waals surface area contributed by atoms with Gasteiger partial charge in [0.25, 0.3) is 0 Å². The van der Waals surface area contributed by atoms with Crippen LogP contribution in [0.15, 0.2) is 11.4 Å². The smallest absolute Gasteiger partial charge is 0.338 e. The van der Waals surface area contributed by atoms with Gasteiger partial charge in [-0.25, -0.2) is 4.79 Å². The van der Waals surface area contributed by atoms with Gasteiger partial charge in [0.15, 0.2) is 0 Å². The highest BCUT2D eigenvalue weighted by Crippen LogP contribution is 2.25. The second kappa shape index (κ2) is 4.77. The lowest BCUT2D eigenvalue weighted by Crippen LogP contribution is -1.98. The highest BCUT2D eigenvalue weighted by atomic mass is 79.9. The van der Waals surface area contributed by atoms with E-state index >= 15 is 0 Å². The lowest BCUT2D eigenvalue weighted by atomic mass is 10.1. The van der Waals surface area contributed by atoms with Crippen molar-refractivity contribution in [1.29, 1.82) is 0 Å². The Kier molecular flexibility index (Phi) is 3.93. The van der Waals surface area contributed by atoms with Crippen molar-refractivity contribution in [3.63, 3.8) is 0 Å². The van der Waals surface area contributed by atoms with Crippen molar-refractivity contribution in [1.82, 2.24) is 0 Å². The molecule has 0 fully saturated rings. The van der Waals surface area contributed by atoms with Gasteiger partial charge in [0.2, 0.25) is 0 Å². The van der Waals surface area contributed by atoms with Crippen molar-refractivity contribution in [2.75, 3.05) is 12.4 Å². The van der Waals surface area contributed by atoms with E-state index in [2.05, 4.69) is 27.6 Å². The van der Waals surface area contributed by atoms with Gasteiger partial charge in [0.05, 0.1) is 12.7 Å². The van der Waals surface area contributed by atoms with Crippen molar-refractivity contribution in [3.8, 4) is 0 Å². The molecule has 1 aromatic heterocycles.